The van der Waals surface area contributed by atoms with E-state index in [1.54, 1.807) is 29.2 Å². The molecule has 1 fully saturated rings. The lowest BCUT2D eigenvalue weighted by Gasteiger charge is -2.36. The summed E-state index contributed by atoms with van der Waals surface area (Å²) in [7, 11) is 0. The number of hydrogen-bond acceptors (Lipinski definition) is 4. The van der Waals surface area contributed by atoms with Crippen molar-refractivity contribution in [3.8, 4) is 0 Å². The first-order valence-electron chi connectivity index (χ1n) is 9.40. The second kappa shape index (κ2) is 7.50. The maximum Gasteiger partial charge on any atom is 0.261 e. The van der Waals surface area contributed by atoms with Crippen molar-refractivity contribution in [1.29, 1.82) is 0 Å². The second-order valence-electron chi connectivity index (χ2n) is 7.03. The van der Waals surface area contributed by atoms with Crippen LogP contribution in [0.1, 0.15) is 31.1 Å². The average Bonchev–Trinajstić information content (AvgIpc) is 2.98. The van der Waals surface area contributed by atoms with Crippen molar-refractivity contribution in [2.75, 3.05) is 37.6 Å². The van der Waals surface area contributed by atoms with Crippen LogP contribution in [0.2, 0.25) is 0 Å². The van der Waals surface area contributed by atoms with Crippen molar-refractivity contribution in [3.05, 3.63) is 77.6 Å². The van der Waals surface area contributed by atoms with Gasteiger partial charge in [0.05, 0.1) is 11.1 Å². The van der Waals surface area contributed by atoms with Gasteiger partial charge in [0.25, 0.3) is 17.7 Å². The summed E-state index contributed by atoms with van der Waals surface area (Å²) in [4.78, 5) is 42.6. The molecule has 0 bridgehead atoms. The minimum absolute atomic E-state index is 0.140. The van der Waals surface area contributed by atoms with E-state index in [-0.39, 0.29) is 29.7 Å². The number of anilines is 1. The number of carbonyl (C=O) groups is 3. The predicted octanol–water partition coefficient (Wildman–Crippen LogP) is 2.57. The number of nitrogens with zero attached hydrogens (tertiary/aromatic N) is 3. The smallest absolute Gasteiger partial charge is 0.261 e. The molecule has 7 heteroatoms. The van der Waals surface area contributed by atoms with Crippen LogP contribution < -0.4 is 4.90 Å². The van der Waals surface area contributed by atoms with Crippen molar-refractivity contribution < 1.29 is 18.8 Å². The summed E-state index contributed by atoms with van der Waals surface area (Å²) < 4.78 is 13.1. The fourth-order valence-corrected chi connectivity index (χ4v) is 3.72. The molecule has 2 heterocycles. The Balaban J connectivity index is 1.46. The zero-order valence-corrected chi connectivity index (χ0v) is 15.8. The maximum absolute atomic E-state index is 13.1. The third kappa shape index (κ3) is 3.40. The molecule has 0 spiro atoms. The highest BCUT2D eigenvalue weighted by molar-refractivity contribution is 6.22. The van der Waals surface area contributed by atoms with E-state index in [4.69, 9.17) is 0 Å². The number of fused-ring (bicyclic) bond motifs is 1. The number of imide groups is 1. The van der Waals surface area contributed by atoms with Gasteiger partial charge < -0.3 is 9.80 Å². The van der Waals surface area contributed by atoms with E-state index in [1.165, 1.54) is 24.3 Å². The molecule has 0 aromatic heterocycles. The van der Waals surface area contributed by atoms with Gasteiger partial charge in [-0.2, -0.15) is 0 Å². The molecule has 2 aliphatic rings. The lowest BCUT2D eigenvalue weighted by molar-refractivity contribution is 0.0671. The largest absolute Gasteiger partial charge is 0.368 e. The number of piperazine rings is 1. The van der Waals surface area contributed by atoms with E-state index in [0.29, 0.717) is 37.3 Å². The minimum atomic E-state index is -0.402. The van der Waals surface area contributed by atoms with E-state index >= 15 is 0 Å². The van der Waals surface area contributed by atoms with Gasteiger partial charge in [0.1, 0.15) is 5.82 Å². The number of halogens is 1. The number of benzene rings is 2. The van der Waals surface area contributed by atoms with Crippen molar-refractivity contribution in [2.45, 2.75) is 0 Å². The van der Waals surface area contributed by atoms with E-state index in [9.17, 15) is 18.8 Å². The summed E-state index contributed by atoms with van der Waals surface area (Å²) in [5.74, 6) is -1.22. The maximum atomic E-state index is 13.1. The van der Waals surface area contributed by atoms with E-state index in [2.05, 4.69) is 11.5 Å². The highest BCUT2D eigenvalue weighted by atomic mass is 19.1. The lowest BCUT2D eigenvalue weighted by Crippen LogP contribution is -2.48. The number of amides is 3. The molecule has 3 amide bonds. The lowest BCUT2D eigenvalue weighted by atomic mass is 10.0. The van der Waals surface area contributed by atoms with Gasteiger partial charge in [0, 0.05) is 44.0 Å². The molecule has 0 saturated carbocycles. The molecule has 148 valence electrons. The Morgan fingerprint density at radius 3 is 2.28 bits per heavy atom. The summed E-state index contributed by atoms with van der Waals surface area (Å²) in [5, 5.41) is 0. The van der Waals surface area contributed by atoms with Crippen LogP contribution in [0.25, 0.3) is 0 Å². The van der Waals surface area contributed by atoms with Gasteiger partial charge >= 0.3 is 0 Å². The Hall–Kier alpha value is -3.48. The van der Waals surface area contributed by atoms with Crippen molar-refractivity contribution in [2.24, 2.45) is 0 Å². The molecule has 29 heavy (non-hydrogen) atoms. The van der Waals surface area contributed by atoms with Crippen molar-refractivity contribution in [1.82, 2.24) is 9.80 Å². The summed E-state index contributed by atoms with van der Waals surface area (Å²) in [5.41, 5.74) is 1.88. The van der Waals surface area contributed by atoms with Crippen LogP contribution in [-0.4, -0.2) is 60.2 Å². The van der Waals surface area contributed by atoms with Crippen LogP contribution >= 0.6 is 0 Å². The standard InChI is InChI=1S/C22H20FN3O3/c1-2-9-26-21(28)18-8-3-15(14-19(18)22(26)29)20(27)25-12-10-24(11-13-25)17-6-4-16(23)5-7-17/h2-8,14H,1,9-13H2. The summed E-state index contributed by atoms with van der Waals surface area (Å²) in [6.45, 7) is 6.00. The van der Waals surface area contributed by atoms with Gasteiger partial charge in [-0.05, 0) is 42.5 Å². The Kier molecular flexibility index (Phi) is 4.88. The molecule has 0 unspecified atom stereocenters. The number of carbonyl (C=O) groups excluding carboxylic acids is 3. The second-order valence-corrected chi connectivity index (χ2v) is 7.03. The molecule has 2 aromatic rings. The first kappa shape index (κ1) is 18.9. The third-order valence-electron chi connectivity index (χ3n) is 5.29. The molecule has 2 aromatic carbocycles. The average molecular weight is 393 g/mol. The van der Waals surface area contributed by atoms with Gasteiger partial charge in [0.15, 0.2) is 0 Å². The Bertz CT molecular complexity index is 995. The minimum Gasteiger partial charge on any atom is -0.368 e. The Morgan fingerprint density at radius 2 is 1.62 bits per heavy atom. The van der Waals surface area contributed by atoms with Gasteiger partial charge in [-0.15, -0.1) is 6.58 Å². The van der Waals surface area contributed by atoms with Crippen LogP contribution in [0.3, 0.4) is 0 Å². The fraction of sp³-hybridized carbons (Fsp3) is 0.227. The summed E-state index contributed by atoms with van der Waals surface area (Å²) in [6.07, 6.45) is 1.49. The van der Waals surface area contributed by atoms with Crippen LogP contribution in [0.4, 0.5) is 10.1 Å². The number of rotatable bonds is 4. The molecular weight excluding hydrogens is 373 g/mol. The fourth-order valence-electron chi connectivity index (χ4n) is 3.72. The molecule has 2 aliphatic heterocycles. The van der Waals surface area contributed by atoms with E-state index < -0.39 is 5.91 Å². The monoisotopic (exact) mass is 393 g/mol. The van der Waals surface area contributed by atoms with Crippen LogP contribution in [0.15, 0.2) is 55.1 Å². The summed E-state index contributed by atoms with van der Waals surface area (Å²) in [6, 6.07) is 10.9. The summed E-state index contributed by atoms with van der Waals surface area (Å²) >= 11 is 0. The highest BCUT2D eigenvalue weighted by Crippen LogP contribution is 2.25. The molecule has 4 rings (SSSR count). The molecule has 0 radical (unpaired) electrons. The first-order chi connectivity index (χ1) is 14.0. The van der Waals surface area contributed by atoms with Gasteiger partial charge in [-0.1, -0.05) is 6.08 Å². The molecule has 0 atom stereocenters. The Labute approximate surface area is 167 Å². The first-order valence-corrected chi connectivity index (χ1v) is 9.40. The van der Waals surface area contributed by atoms with E-state index in [1.807, 2.05) is 0 Å². The normalized spacial score (nSPS) is 16.2. The zero-order valence-electron chi connectivity index (χ0n) is 15.8. The number of hydrogen-bond donors (Lipinski definition) is 0. The van der Waals surface area contributed by atoms with Crippen LogP contribution in [0.5, 0.6) is 0 Å². The molecule has 0 N–H and O–H groups in total. The highest BCUT2D eigenvalue weighted by Gasteiger charge is 2.35. The third-order valence-corrected chi connectivity index (χ3v) is 5.29. The Morgan fingerprint density at radius 1 is 0.966 bits per heavy atom. The molecule has 1 saturated heterocycles. The molecular formula is C22H20FN3O3. The zero-order chi connectivity index (χ0) is 20.5. The molecule has 0 aliphatic carbocycles. The van der Waals surface area contributed by atoms with Crippen molar-refractivity contribution >= 4 is 23.4 Å². The topological polar surface area (TPSA) is 60.9 Å². The van der Waals surface area contributed by atoms with Gasteiger partial charge in [-0.3, -0.25) is 19.3 Å². The molecule has 6 nitrogen and oxygen atoms in total. The SMILES string of the molecule is C=CCN1C(=O)c2ccc(C(=O)N3CCN(c4ccc(F)cc4)CC3)cc2C1=O. The van der Waals surface area contributed by atoms with E-state index in [0.717, 1.165) is 10.6 Å². The van der Waals surface area contributed by atoms with Crippen LogP contribution in [0, 0.1) is 5.82 Å². The van der Waals surface area contributed by atoms with Gasteiger partial charge in [0.2, 0.25) is 0 Å². The van der Waals surface area contributed by atoms with Gasteiger partial charge in [-0.25, -0.2) is 4.39 Å². The predicted molar refractivity (Wildman–Crippen MR) is 107 cm³/mol. The van der Waals surface area contributed by atoms with Crippen LogP contribution in [-0.2, 0) is 0 Å². The van der Waals surface area contributed by atoms with Crippen molar-refractivity contribution in [3.63, 3.8) is 0 Å². The quantitative estimate of drug-likeness (QED) is 0.592.